The van der Waals surface area contributed by atoms with E-state index in [9.17, 15) is 4.79 Å². The molecule has 0 atom stereocenters. The molecule has 0 amide bonds. The molecule has 2 heterocycles. The fourth-order valence-electron chi connectivity index (χ4n) is 2.43. The van der Waals surface area contributed by atoms with E-state index >= 15 is 0 Å². The number of hydrogen-bond donors (Lipinski definition) is 3. The minimum atomic E-state index is 0.391. The number of benzene rings is 1. The normalized spacial score (nSPS) is 10.7. The number of ether oxygens (including phenoxy) is 1. The summed E-state index contributed by atoms with van der Waals surface area (Å²) in [4.78, 5) is 22.9. The molecule has 0 spiro atoms. The molecule has 0 saturated heterocycles. The van der Waals surface area contributed by atoms with E-state index in [2.05, 4.69) is 32.5 Å². The summed E-state index contributed by atoms with van der Waals surface area (Å²) in [5, 5.41) is 7.71. The number of anilines is 3. The summed E-state index contributed by atoms with van der Waals surface area (Å²) >= 11 is 6.23. The highest BCUT2D eigenvalue weighted by Gasteiger charge is 2.14. The molecule has 0 saturated carbocycles. The van der Waals surface area contributed by atoms with E-state index < -0.39 is 0 Å². The Morgan fingerprint density at radius 1 is 1.36 bits per heavy atom. The molecular formula is C17H18ClN5O2. The lowest BCUT2D eigenvalue weighted by Crippen LogP contribution is -2.06. The molecular weight excluding hydrogens is 342 g/mol. The van der Waals surface area contributed by atoms with Gasteiger partial charge in [-0.15, -0.1) is 0 Å². The van der Waals surface area contributed by atoms with Crippen LogP contribution in [0.3, 0.4) is 0 Å². The van der Waals surface area contributed by atoms with Crippen molar-refractivity contribution in [3.05, 3.63) is 35.0 Å². The van der Waals surface area contributed by atoms with Gasteiger partial charge in [0.1, 0.15) is 23.5 Å². The Hall–Kier alpha value is -2.80. The molecule has 0 radical (unpaired) electrons. The topological polar surface area (TPSA) is 91.9 Å². The zero-order chi connectivity index (χ0) is 17.8. The molecule has 3 aromatic rings. The SMILES string of the molecule is CCCNc1nc(Nc2ccc(C=O)cc2OC)nc2[nH]cc(Cl)c12. The maximum absolute atomic E-state index is 10.9. The number of carbonyl (C=O) groups is 1. The molecule has 0 aliphatic rings. The zero-order valence-electron chi connectivity index (χ0n) is 13.9. The van der Waals surface area contributed by atoms with Gasteiger partial charge in [0.2, 0.25) is 5.95 Å². The first-order valence-electron chi connectivity index (χ1n) is 7.85. The first-order valence-corrected chi connectivity index (χ1v) is 8.22. The van der Waals surface area contributed by atoms with Gasteiger partial charge < -0.3 is 20.4 Å². The Kier molecular flexibility index (Phi) is 5.04. The molecule has 0 fully saturated rings. The zero-order valence-corrected chi connectivity index (χ0v) is 14.6. The average molecular weight is 360 g/mol. The molecule has 130 valence electrons. The van der Waals surface area contributed by atoms with Crippen molar-refractivity contribution in [2.24, 2.45) is 0 Å². The second-order valence-corrected chi connectivity index (χ2v) is 5.79. The van der Waals surface area contributed by atoms with Crippen LogP contribution in [0.2, 0.25) is 5.02 Å². The number of methoxy groups -OCH3 is 1. The van der Waals surface area contributed by atoms with E-state index in [4.69, 9.17) is 16.3 Å². The van der Waals surface area contributed by atoms with Gasteiger partial charge in [-0.05, 0) is 24.6 Å². The molecule has 2 aromatic heterocycles. The van der Waals surface area contributed by atoms with Crippen molar-refractivity contribution < 1.29 is 9.53 Å². The van der Waals surface area contributed by atoms with Crippen LogP contribution in [0, 0.1) is 0 Å². The Morgan fingerprint density at radius 2 is 2.20 bits per heavy atom. The van der Waals surface area contributed by atoms with Crippen LogP contribution in [0.1, 0.15) is 23.7 Å². The van der Waals surface area contributed by atoms with E-state index in [1.54, 1.807) is 24.4 Å². The van der Waals surface area contributed by atoms with Crippen LogP contribution in [-0.4, -0.2) is 34.9 Å². The lowest BCUT2D eigenvalue weighted by molar-refractivity contribution is 0.112. The fraction of sp³-hybridized carbons (Fsp3) is 0.235. The Bertz CT molecular complexity index is 909. The third-order valence-electron chi connectivity index (χ3n) is 3.63. The summed E-state index contributed by atoms with van der Waals surface area (Å²) in [7, 11) is 1.54. The highest BCUT2D eigenvalue weighted by Crippen LogP contribution is 2.32. The summed E-state index contributed by atoms with van der Waals surface area (Å²) in [5.74, 6) is 1.58. The molecule has 7 nitrogen and oxygen atoms in total. The van der Waals surface area contributed by atoms with E-state index in [-0.39, 0.29) is 0 Å². The predicted octanol–water partition coefficient (Wildman–Crippen LogP) is 4.00. The summed E-state index contributed by atoms with van der Waals surface area (Å²) in [6.07, 6.45) is 3.40. The number of carbonyl (C=O) groups excluding carboxylic acids is 1. The van der Waals surface area contributed by atoms with E-state index in [1.165, 1.54) is 7.11 Å². The van der Waals surface area contributed by atoms with Gasteiger partial charge in [0, 0.05) is 18.3 Å². The third kappa shape index (κ3) is 3.51. The number of aldehydes is 1. The Morgan fingerprint density at radius 3 is 2.92 bits per heavy atom. The number of nitrogens with zero attached hydrogens (tertiary/aromatic N) is 2. The maximum Gasteiger partial charge on any atom is 0.231 e. The van der Waals surface area contributed by atoms with Crippen molar-refractivity contribution in [3.63, 3.8) is 0 Å². The third-order valence-corrected chi connectivity index (χ3v) is 3.93. The van der Waals surface area contributed by atoms with E-state index in [1.807, 2.05) is 0 Å². The minimum Gasteiger partial charge on any atom is -0.495 e. The number of fused-ring (bicyclic) bond motifs is 1. The first-order chi connectivity index (χ1) is 12.2. The largest absolute Gasteiger partial charge is 0.495 e. The summed E-state index contributed by atoms with van der Waals surface area (Å²) in [6, 6.07) is 5.09. The number of rotatable bonds is 7. The molecule has 3 N–H and O–H groups in total. The van der Waals surface area contributed by atoms with Crippen molar-refractivity contribution >= 4 is 46.4 Å². The predicted molar refractivity (Wildman–Crippen MR) is 99.3 cm³/mol. The monoisotopic (exact) mass is 359 g/mol. The van der Waals surface area contributed by atoms with E-state index in [0.29, 0.717) is 39.4 Å². The molecule has 0 unspecified atom stereocenters. The second-order valence-electron chi connectivity index (χ2n) is 5.39. The summed E-state index contributed by atoms with van der Waals surface area (Å²) in [5.41, 5.74) is 1.82. The first kappa shape index (κ1) is 17.0. The molecule has 1 aromatic carbocycles. The van der Waals surface area contributed by atoms with Crippen molar-refractivity contribution in [2.45, 2.75) is 13.3 Å². The highest BCUT2D eigenvalue weighted by atomic mass is 35.5. The fourth-order valence-corrected chi connectivity index (χ4v) is 2.66. The molecule has 0 aliphatic carbocycles. The van der Waals surface area contributed by atoms with Gasteiger partial charge in [0.15, 0.2) is 0 Å². The quantitative estimate of drug-likeness (QED) is 0.552. The number of aromatic nitrogens is 3. The van der Waals surface area contributed by atoms with Gasteiger partial charge >= 0.3 is 0 Å². The van der Waals surface area contributed by atoms with Crippen LogP contribution < -0.4 is 15.4 Å². The van der Waals surface area contributed by atoms with Crippen molar-refractivity contribution in [2.75, 3.05) is 24.3 Å². The van der Waals surface area contributed by atoms with Gasteiger partial charge in [-0.25, -0.2) is 0 Å². The summed E-state index contributed by atoms with van der Waals surface area (Å²) in [6.45, 7) is 2.84. The molecule has 0 aliphatic heterocycles. The number of nitrogens with one attached hydrogen (secondary N) is 3. The van der Waals surface area contributed by atoms with Crippen molar-refractivity contribution in [3.8, 4) is 5.75 Å². The number of aromatic amines is 1. The molecule has 8 heteroatoms. The van der Waals surface area contributed by atoms with Crippen LogP contribution in [0.4, 0.5) is 17.5 Å². The number of H-pyrrole nitrogens is 1. The smallest absolute Gasteiger partial charge is 0.231 e. The van der Waals surface area contributed by atoms with Gasteiger partial charge in [-0.3, -0.25) is 4.79 Å². The summed E-state index contributed by atoms with van der Waals surface area (Å²) < 4.78 is 5.33. The second kappa shape index (κ2) is 7.40. The maximum atomic E-state index is 10.9. The van der Waals surface area contributed by atoms with Crippen LogP contribution >= 0.6 is 11.6 Å². The Balaban J connectivity index is 2.00. The van der Waals surface area contributed by atoms with Crippen LogP contribution in [0.15, 0.2) is 24.4 Å². The molecule has 0 bridgehead atoms. The van der Waals surface area contributed by atoms with Crippen LogP contribution in [0.5, 0.6) is 5.75 Å². The highest BCUT2D eigenvalue weighted by molar-refractivity contribution is 6.36. The van der Waals surface area contributed by atoms with Gasteiger partial charge in [0.25, 0.3) is 0 Å². The average Bonchev–Trinajstić information content (AvgIpc) is 3.01. The van der Waals surface area contributed by atoms with Crippen molar-refractivity contribution in [1.82, 2.24) is 15.0 Å². The Labute approximate surface area is 149 Å². The van der Waals surface area contributed by atoms with Gasteiger partial charge in [-0.2, -0.15) is 9.97 Å². The van der Waals surface area contributed by atoms with Gasteiger partial charge in [-0.1, -0.05) is 18.5 Å². The molecule has 25 heavy (non-hydrogen) atoms. The molecule has 3 rings (SSSR count). The van der Waals surface area contributed by atoms with Crippen molar-refractivity contribution in [1.29, 1.82) is 0 Å². The van der Waals surface area contributed by atoms with Gasteiger partial charge in [0.05, 0.1) is 23.2 Å². The van der Waals surface area contributed by atoms with Crippen LogP contribution in [-0.2, 0) is 0 Å². The standard InChI is InChI=1S/C17H18ClN5O2/c1-3-6-19-15-14-11(18)8-20-16(14)23-17(22-15)21-12-5-4-10(9-24)7-13(12)25-2/h4-5,7-9H,3,6H2,1-2H3,(H3,19,20,21,22,23). The number of hydrogen-bond acceptors (Lipinski definition) is 6. The minimum absolute atomic E-state index is 0.391. The van der Waals surface area contributed by atoms with Crippen LogP contribution in [0.25, 0.3) is 11.0 Å². The lowest BCUT2D eigenvalue weighted by Gasteiger charge is -2.12. The van der Waals surface area contributed by atoms with E-state index in [0.717, 1.165) is 24.6 Å². The number of halogens is 1. The lowest BCUT2D eigenvalue weighted by atomic mass is 10.2.